The maximum atomic E-state index is 12.0. The number of aliphatic carboxylic acids is 1. The van der Waals surface area contributed by atoms with E-state index in [-0.39, 0.29) is 18.7 Å². The lowest BCUT2D eigenvalue weighted by Crippen LogP contribution is -2.24. The molecule has 114 valence electrons. The third-order valence-corrected chi connectivity index (χ3v) is 3.31. The number of nitrogens with one attached hydrogen (secondary N) is 2. The predicted molar refractivity (Wildman–Crippen MR) is 79.4 cm³/mol. The van der Waals surface area contributed by atoms with E-state index in [1.807, 2.05) is 0 Å². The molecule has 0 atom stereocenters. The van der Waals surface area contributed by atoms with E-state index < -0.39 is 11.9 Å². The Labute approximate surface area is 130 Å². The lowest BCUT2D eigenvalue weighted by molar-refractivity contribution is -0.305. The molecule has 22 heavy (non-hydrogen) atoms. The molecule has 0 saturated heterocycles. The van der Waals surface area contributed by atoms with Gasteiger partial charge in [-0.2, -0.15) is 0 Å². The molecule has 1 aromatic heterocycles. The second kappa shape index (κ2) is 7.32. The van der Waals surface area contributed by atoms with Crippen LogP contribution in [-0.2, 0) is 9.59 Å². The Morgan fingerprint density at radius 2 is 2.00 bits per heavy atom. The van der Waals surface area contributed by atoms with Crippen molar-refractivity contribution in [3.05, 3.63) is 41.4 Å². The number of nitrogens with zero attached hydrogens (tertiary/aromatic N) is 1. The van der Waals surface area contributed by atoms with Gasteiger partial charge in [-0.25, -0.2) is 4.98 Å². The fraction of sp³-hybridized carbons (Fsp3) is 0.143. The first-order chi connectivity index (χ1) is 10.5. The van der Waals surface area contributed by atoms with Crippen molar-refractivity contribution >= 4 is 39.9 Å². The molecule has 0 radical (unpaired) electrons. The highest BCUT2D eigenvalue weighted by Crippen LogP contribution is 2.15. The summed E-state index contributed by atoms with van der Waals surface area (Å²) in [5.74, 6) is -2.09. The van der Waals surface area contributed by atoms with E-state index in [9.17, 15) is 19.5 Å². The number of aromatic nitrogens is 1. The van der Waals surface area contributed by atoms with E-state index in [2.05, 4.69) is 15.6 Å². The minimum atomic E-state index is -1.29. The summed E-state index contributed by atoms with van der Waals surface area (Å²) >= 11 is 1.30. The van der Waals surface area contributed by atoms with Gasteiger partial charge in [-0.05, 0) is 24.6 Å². The molecule has 0 unspecified atom stereocenters. The Balaban J connectivity index is 1.98. The first-order valence-electron chi connectivity index (χ1n) is 6.35. The summed E-state index contributed by atoms with van der Waals surface area (Å²) in [7, 11) is 0. The van der Waals surface area contributed by atoms with E-state index in [0.29, 0.717) is 16.4 Å². The van der Waals surface area contributed by atoms with Crippen molar-refractivity contribution in [2.75, 3.05) is 10.6 Å². The van der Waals surface area contributed by atoms with Crippen molar-refractivity contribution in [3.8, 4) is 0 Å². The zero-order valence-electron chi connectivity index (χ0n) is 11.4. The highest BCUT2D eigenvalue weighted by molar-refractivity contribution is 7.13. The van der Waals surface area contributed by atoms with Gasteiger partial charge in [0.25, 0.3) is 5.91 Å². The lowest BCUT2D eigenvalue weighted by Gasteiger charge is -2.07. The van der Waals surface area contributed by atoms with Gasteiger partial charge < -0.3 is 15.2 Å². The molecular weight excluding hydrogens is 306 g/mol. The molecule has 2 amide bonds. The fourth-order valence-corrected chi connectivity index (χ4v) is 2.16. The fourth-order valence-electron chi connectivity index (χ4n) is 1.63. The van der Waals surface area contributed by atoms with Crippen molar-refractivity contribution in [2.24, 2.45) is 0 Å². The van der Waals surface area contributed by atoms with Crippen LogP contribution < -0.4 is 15.7 Å². The predicted octanol–water partition coefficient (Wildman–Crippen LogP) is 0.864. The molecule has 0 aliphatic rings. The average Bonchev–Trinajstić information content (AvgIpc) is 2.98. The van der Waals surface area contributed by atoms with E-state index in [1.165, 1.54) is 17.4 Å². The summed E-state index contributed by atoms with van der Waals surface area (Å²) < 4.78 is 0. The van der Waals surface area contributed by atoms with Gasteiger partial charge >= 0.3 is 0 Å². The Morgan fingerprint density at radius 1 is 1.18 bits per heavy atom. The molecule has 1 aromatic carbocycles. The minimum Gasteiger partial charge on any atom is -0.550 e. The Bertz CT molecular complexity index is 685. The summed E-state index contributed by atoms with van der Waals surface area (Å²) in [4.78, 5) is 37.8. The summed E-state index contributed by atoms with van der Waals surface area (Å²) in [6, 6.07) is 6.32. The van der Waals surface area contributed by atoms with Crippen molar-refractivity contribution in [1.29, 1.82) is 0 Å². The Hall–Kier alpha value is -2.74. The molecule has 1 heterocycles. The molecule has 2 aromatic rings. The van der Waals surface area contributed by atoms with E-state index in [1.54, 1.807) is 29.8 Å². The zero-order valence-corrected chi connectivity index (χ0v) is 12.2. The van der Waals surface area contributed by atoms with Gasteiger partial charge in [0.05, 0.1) is 0 Å². The van der Waals surface area contributed by atoms with Crippen LogP contribution in [0.15, 0.2) is 35.8 Å². The monoisotopic (exact) mass is 318 g/mol. The SMILES string of the molecule is O=C([O-])CCC(=O)Nc1cccc(C(=O)Nc2nccs2)c1. The summed E-state index contributed by atoms with van der Waals surface area (Å²) in [5.41, 5.74) is 0.767. The molecule has 2 rings (SSSR count). The van der Waals surface area contributed by atoms with Gasteiger partial charge in [0, 0.05) is 35.2 Å². The molecule has 0 bridgehead atoms. The third kappa shape index (κ3) is 4.67. The highest BCUT2D eigenvalue weighted by atomic mass is 32.1. The zero-order chi connectivity index (χ0) is 15.9. The third-order valence-electron chi connectivity index (χ3n) is 2.62. The first kappa shape index (κ1) is 15.6. The average molecular weight is 318 g/mol. The largest absolute Gasteiger partial charge is 0.550 e. The second-order valence-corrected chi connectivity index (χ2v) is 5.19. The number of carboxylic acids is 1. The number of carboxylic acid groups (broad SMARTS) is 1. The number of amides is 2. The van der Waals surface area contributed by atoms with Crippen LogP contribution in [0, 0.1) is 0 Å². The number of carbonyl (C=O) groups excluding carboxylic acids is 3. The van der Waals surface area contributed by atoms with Crippen molar-refractivity contribution < 1.29 is 19.5 Å². The molecule has 0 saturated carbocycles. The van der Waals surface area contributed by atoms with E-state index >= 15 is 0 Å². The Morgan fingerprint density at radius 3 is 2.68 bits per heavy atom. The minimum absolute atomic E-state index is 0.183. The second-order valence-electron chi connectivity index (χ2n) is 4.29. The summed E-state index contributed by atoms with van der Waals surface area (Å²) in [6.45, 7) is 0. The molecule has 0 fully saturated rings. The van der Waals surface area contributed by atoms with E-state index in [0.717, 1.165) is 0 Å². The number of anilines is 2. The van der Waals surface area contributed by atoms with Crippen molar-refractivity contribution in [3.63, 3.8) is 0 Å². The topological polar surface area (TPSA) is 111 Å². The van der Waals surface area contributed by atoms with Crippen LogP contribution in [0.1, 0.15) is 23.2 Å². The maximum absolute atomic E-state index is 12.0. The molecule has 7 nitrogen and oxygen atoms in total. The highest BCUT2D eigenvalue weighted by Gasteiger charge is 2.09. The van der Waals surface area contributed by atoms with Crippen LogP contribution in [0.5, 0.6) is 0 Å². The first-order valence-corrected chi connectivity index (χ1v) is 7.23. The van der Waals surface area contributed by atoms with E-state index in [4.69, 9.17) is 0 Å². The standard InChI is InChI=1S/C14H13N3O4S/c18-11(4-5-12(19)20)16-10-3-1-2-9(8-10)13(21)17-14-15-6-7-22-14/h1-3,6-8H,4-5H2,(H,16,18)(H,19,20)(H,15,17,21)/p-1. The van der Waals surface area contributed by atoms with Crippen LogP contribution in [0.3, 0.4) is 0 Å². The van der Waals surface area contributed by atoms with Crippen molar-refractivity contribution in [2.45, 2.75) is 12.8 Å². The molecule has 0 spiro atoms. The van der Waals surface area contributed by atoms with Gasteiger partial charge in [-0.3, -0.25) is 14.9 Å². The molecule has 2 N–H and O–H groups in total. The number of hydrogen-bond donors (Lipinski definition) is 2. The van der Waals surface area contributed by atoms with Crippen LogP contribution in [-0.4, -0.2) is 22.8 Å². The molecule has 8 heteroatoms. The smallest absolute Gasteiger partial charge is 0.257 e. The van der Waals surface area contributed by atoms with Crippen LogP contribution in [0.4, 0.5) is 10.8 Å². The summed E-state index contributed by atoms with van der Waals surface area (Å²) in [5, 5.41) is 17.7. The number of benzene rings is 1. The molecule has 0 aliphatic carbocycles. The maximum Gasteiger partial charge on any atom is 0.257 e. The van der Waals surface area contributed by atoms with Gasteiger partial charge in [0.15, 0.2) is 5.13 Å². The number of rotatable bonds is 6. The van der Waals surface area contributed by atoms with Crippen LogP contribution in [0.2, 0.25) is 0 Å². The number of hydrogen-bond acceptors (Lipinski definition) is 6. The van der Waals surface area contributed by atoms with Crippen LogP contribution in [0.25, 0.3) is 0 Å². The van der Waals surface area contributed by atoms with Crippen LogP contribution >= 0.6 is 11.3 Å². The molecular formula is C14H12N3O4S-. The van der Waals surface area contributed by atoms with Gasteiger partial charge in [0.2, 0.25) is 5.91 Å². The van der Waals surface area contributed by atoms with Gasteiger partial charge in [-0.1, -0.05) is 6.07 Å². The Kier molecular flexibility index (Phi) is 5.21. The summed E-state index contributed by atoms with van der Waals surface area (Å²) in [6.07, 6.45) is 1.04. The number of carbonyl (C=O) groups is 3. The number of thiazole rings is 1. The van der Waals surface area contributed by atoms with Crippen molar-refractivity contribution in [1.82, 2.24) is 4.98 Å². The quantitative estimate of drug-likeness (QED) is 0.820. The lowest BCUT2D eigenvalue weighted by atomic mass is 10.2. The van der Waals surface area contributed by atoms with Gasteiger partial charge in [0.1, 0.15) is 0 Å². The van der Waals surface area contributed by atoms with Gasteiger partial charge in [-0.15, -0.1) is 11.3 Å². The normalized spacial score (nSPS) is 10.0. The molecule has 0 aliphatic heterocycles.